The Hall–Kier alpha value is -1.36. The zero-order valence-electron chi connectivity index (χ0n) is 11.2. The van der Waals surface area contributed by atoms with E-state index >= 15 is 0 Å². The molecule has 1 fully saturated rings. The van der Waals surface area contributed by atoms with Crippen molar-refractivity contribution in [3.05, 3.63) is 34.3 Å². The van der Waals surface area contributed by atoms with Crippen molar-refractivity contribution in [1.82, 2.24) is 4.90 Å². The first kappa shape index (κ1) is 13.6. The fourth-order valence-corrected chi connectivity index (χ4v) is 3.07. The molecule has 0 saturated carbocycles. The highest BCUT2D eigenvalue weighted by Gasteiger charge is 2.32. The summed E-state index contributed by atoms with van der Waals surface area (Å²) in [4.78, 5) is 19.6. The fraction of sp³-hybridized carbons (Fsp3) is 0.467. The second kappa shape index (κ2) is 5.95. The Morgan fingerprint density at radius 2 is 2.10 bits per heavy atom. The van der Waals surface area contributed by atoms with Gasteiger partial charge in [0, 0.05) is 29.5 Å². The van der Waals surface area contributed by atoms with Gasteiger partial charge in [0.25, 0.3) is 5.91 Å². The summed E-state index contributed by atoms with van der Waals surface area (Å²) in [6, 6.07) is 7.91. The van der Waals surface area contributed by atoms with E-state index in [2.05, 4.69) is 21.1 Å². The van der Waals surface area contributed by atoms with Gasteiger partial charge in [-0.1, -0.05) is 33.2 Å². The molecule has 2 heterocycles. The third-order valence-electron chi connectivity index (χ3n) is 3.77. The first-order valence-corrected chi connectivity index (χ1v) is 7.81. The van der Waals surface area contributed by atoms with Crippen molar-refractivity contribution in [1.29, 1.82) is 0 Å². The number of hydrogen-bond donors (Lipinski definition) is 0. The highest BCUT2D eigenvalue weighted by molar-refractivity contribution is 9.10. The first-order valence-electron chi connectivity index (χ1n) is 7.01. The molecule has 0 spiro atoms. The molecular formula is C15H17BrN2O2. The standard InChI is InChI=1S/C15H17BrN2O2/c16-12-6-4-5-11(9-12)13-10-14(20-17-13)15(19)18-7-2-1-3-8-18/h4-6,9,14H,1-3,7-8,10H2/t14-/m0/s1. The van der Waals surface area contributed by atoms with E-state index in [1.807, 2.05) is 29.2 Å². The van der Waals surface area contributed by atoms with Crippen LogP contribution in [0.1, 0.15) is 31.2 Å². The second-order valence-electron chi connectivity index (χ2n) is 5.23. The van der Waals surface area contributed by atoms with E-state index in [9.17, 15) is 4.79 Å². The van der Waals surface area contributed by atoms with Gasteiger partial charge in [-0.3, -0.25) is 4.79 Å². The molecule has 1 aromatic rings. The molecule has 1 aromatic carbocycles. The zero-order valence-corrected chi connectivity index (χ0v) is 12.8. The molecule has 2 aliphatic heterocycles. The third kappa shape index (κ3) is 2.87. The lowest BCUT2D eigenvalue weighted by Gasteiger charge is -2.28. The Kier molecular flexibility index (Phi) is 4.05. The van der Waals surface area contributed by atoms with Crippen LogP contribution < -0.4 is 0 Å². The number of rotatable bonds is 2. The van der Waals surface area contributed by atoms with Crippen LogP contribution in [0.2, 0.25) is 0 Å². The van der Waals surface area contributed by atoms with E-state index in [1.54, 1.807) is 0 Å². The predicted molar refractivity (Wildman–Crippen MR) is 80.6 cm³/mol. The fourth-order valence-electron chi connectivity index (χ4n) is 2.67. The van der Waals surface area contributed by atoms with Gasteiger partial charge in [0.05, 0.1) is 5.71 Å². The zero-order chi connectivity index (χ0) is 13.9. The van der Waals surface area contributed by atoms with Crippen LogP contribution in [0.3, 0.4) is 0 Å². The Bertz CT molecular complexity index is 538. The van der Waals surface area contributed by atoms with Crippen LogP contribution in [0.25, 0.3) is 0 Å². The molecule has 1 atom stereocenters. The van der Waals surface area contributed by atoms with E-state index < -0.39 is 6.10 Å². The van der Waals surface area contributed by atoms with E-state index in [0.29, 0.717) is 6.42 Å². The highest BCUT2D eigenvalue weighted by Crippen LogP contribution is 2.22. The highest BCUT2D eigenvalue weighted by atomic mass is 79.9. The van der Waals surface area contributed by atoms with Crippen molar-refractivity contribution in [3.8, 4) is 0 Å². The molecular weight excluding hydrogens is 320 g/mol. The van der Waals surface area contributed by atoms with Crippen molar-refractivity contribution < 1.29 is 9.63 Å². The number of likely N-dealkylation sites (tertiary alicyclic amines) is 1. The van der Waals surface area contributed by atoms with Gasteiger partial charge in [0.15, 0.2) is 0 Å². The van der Waals surface area contributed by atoms with Crippen molar-refractivity contribution in [2.45, 2.75) is 31.8 Å². The topological polar surface area (TPSA) is 41.9 Å². The van der Waals surface area contributed by atoms with Crippen LogP contribution in [-0.2, 0) is 9.63 Å². The van der Waals surface area contributed by atoms with Gasteiger partial charge in [-0.25, -0.2) is 0 Å². The van der Waals surface area contributed by atoms with Gasteiger partial charge < -0.3 is 9.74 Å². The smallest absolute Gasteiger partial charge is 0.266 e. The summed E-state index contributed by atoms with van der Waals surface area (Å²) in [6.07, 6.45) is 3.53. The van der Waals surface area contributed by atoms with Crippen molar-refractivity contribution in [3.63, 3.8) is 0 Å². The maximum atomic E-state index is 12.4. The SMILES string of the molecule is O=C([C@@H]1CC(c2cccc(Br)c2)=NO1)N1CCCCC1. The van der Waals surface area contributed by atoms with Gasteiger partial charge >= 0.3 is 0 Å². The van der Waals surface area contributed by atoms with E-state index in [1.165, 1.54) is 6.42 Å². The predicted octanol–water partition coefficient (Wildman–Crippen LogP) is 2.95. The summed E-state index contributed by atoms with van der Waals surface area (Å²) in [5.41, 5.74) is 1.86. The molecule has 20 heavy (non-hydrogen) atoms. The molecule has 0 bridgehead atoms. The van der Waals surface area contributed by atoms with Crippen LogP contribution in [0.15, 0.2) is 33.9 Å². The minimum absolute atomic E-state index is 0.0819. The van der Waals surface area contributed by atoms with Crippen LogP contribution in [0.5, 0.6) is 0 Å². The van der Waals surface area contributed by atoms with Gasteiger partial charge in [-0.05, 0) is 31.4 Å². The van der Waals surface area contributed by atoms with Crippen LogP contribution in [-0.4, -0.2) is 35.7 Å². The number of carbonyl (C=O) groups excluding carboxylic acids is 1. The normalized spacial score (nSPS) is 22.4. The lowest BCUT2D eigenvalue weighted by atomic mass is 10.0. The summed E-state index contributed by atoms with van der Waals surface area (Å²) in [5, 5.41) is 4.09. The number of oxime groups is 1. The molecule has 4 nitrogen and oxygen atoms in total. The third-order valence-corrected chi connectivity index (χ3v) is 4.26. The van der Waals surface area contributed by atoms with E-state index in [-0.39, 0.29) is 5.91 Å². The van der Waals surface area contributed by atoms with E-state index in [0.717, 1.165) is 41.7 Å². The first-order chi connectivity index (χ1) is 9.74. The molecule has 5 heteroatoms. The number of nitrogens with zero attached hydrogens (tertiary/aromatic N) is 2. The number of halogens is 1. The van der Waals surface area contributed by atoms with Gasteiger partial charge in [0.1, 0.15) is 0 Å². The van der Waals surface area contributed by atoms with Crippen LogP contribution in [0, 0.1) is 0 Å². The van der Waals surface area contributed by atoms with Gasteiger partial charge in [-0.2, -0.15) is 0 Å². The molecule has 0 unspecified atom stereocenters. The van der Waals surface area contributed by atoms with Crippen molar-refractivity contribution in [2.75, 3.05) is 13.1 Å². The minimum Gasteiger partial charge on any atom is -0.382 e. The second-order valence-corrected chi connectivity index (χ2v) is 6.15. The molecule has 0 aliphatic carbocycles. The van der Waals surface area contributed by atoms with Gasteiger partial charge in [-0.15, -0.1) is 0 Å². The average Bonchev–Trinajstić information content (AvgIpc) is 2.97. The monoisotopic (exact) mass is 336 g/mol. The molecule has 3 rings (SSSR count). The largest absolute Gasteiger partial charge is 0.382 e. The molecule has 1 amide bonds. The quantitative estimate of drug-likeness (QED) is 0.833. The number of hydrogen-bond acceptors (Lipinski definition) is 3. The summed E-state index contributed by atoms with van der Waals surface area (Å²) in [6.45, 7) is 1.70. The maximum absolute atomic E-state index is 12.4. The number of amides is 1. The van der Waals surface area contributed by atoms with Crippen molar-refractivity contribution >= 4 is 27.5 Å². The Labute approximate surface area is 126 Å². The Balaban J connectivity index is 1.65. The maximum Gasteiger partial charge on any atom is 0.266 e. The lowest BCUT2D eigenvalue weighted by Crippen LogP contribution is -2.42. The molecule has 2 aliphatic rings. The van der Waals surface area contributed by atoms with Crippen molar-refractivity contribution in [2.24, 2.45) is 5.16 Å². The Morgan fingerprint density at radius 1 is 1.30 bits per heavy atom. The Morgan fingerprint density at radius 3 is 2.85 bits per heavy atom. The lowest BCUT2D eigenvalue weighted by molar-refractivity contribution is -0.143. The number of carbonyl (C=O) groups is 1. The molecule has 0 N–H and O–H groups in total. The molecule has 1 saturated heterocycles. The summed E-state index contributed by atoms with van der Waals surface area (Å²) < 4.78 is 1.00. The van der Waals surface area contributed by atoms with Crippen LogP contribution >= 0.6 is 15.9 Å². The van der Waals surface area contributed by atoms with E-state index in [4.69, 9.17) is 4.84 Å². The summed E-state index contributed by atoms with van der Waals surface area (Å²) in [7, 11) is 0. The minimum atomic E-state index is -0.443. The number of benzene rings is 1. The summed E-state index contributed by atoms with van der Waals surface area (Å²) in [5.74, 6) is 0.0819. The van der Waals surface area contributed by atoms with Crippen LogP contribution in [0.4, 0.5) is 0 Å². The number of piperidine rings is 1. The summed E-state index contributed by atoms with van der Waals surface area (Å²) >= 11 is 3.44. The van der Waals surface area contributed by atoms with Gasteiger partial charge in [0.2, 0.25) is 6.10 Å². The average molecular weight is 337 g/mol. The molecule has 0 aromatic heterocycles. The molecule has 0 radical (unpaired) electrons. The molecule has 106 valence electrons.